The van der Waals surface area contributed by atoms with Gasteiger partial charge in [-0.3, -0.25) is 14.7 Å². The van der Waals surface area contributed by atoms with Crippen LogP contribution in [-0.2, 0) is 4.79 Å². The monoisotopic (exact) mass is 538 g/mol. The number of carboxylic acids is 1. The molecule has 11 heteroatoms. The number of benzene rings is 2. The largest absolute Gasteiger partial charge is 0.497 e. The van der Waals surface area contributed by atoms with E-state index in [-0.39, 0.29) is 49.8 Å². The summed E-state index contributed by atoms with van der Waals surface area (Å²) < 4.78 is 80.9. The number of likely N-dealkylation sites (tertiary alicyclic amines) is 1. The van der Waals surface area contributed by atoms with E-state index >= 15 is 4.39 Å². The van der Waals surface area contributed by atoms with Crippen LogP contribution in [0.2, 0.25) is 0 Å². The fraction of sp³-hybridized carbons (Fsp3) is 0.407. The maximum atomic E-state index is 15.4. The number of alkyl halides is 1. The first-order chi connectivity index (χ1) is 18.1. The summed E-state index contributed by atoms with van der Waals surface area (Å²) in [6, 6.07) is 5.78. The second kappa shape index (κ2) is 11.5. The van der Waals surface area contributed by atoms with Gasteiger partial charge in [-0.1, -0.05) is 0 Å². The van der Waals surface area contributed by atoms with E-state index in [0.29, 0.717) is 36.5 Å². The number of fused-ring (bicyclic) bond motifs is 1. The first-order valence-corrected chi connectivity index (χ1v) is 12.1. The molecule has 1 aliphatic heterocycles. The van der Waals surface area contributed by atoms with Crippen LogP contribution in [-0.4, -0.2) is 54.3 Å². The number of halogens is 5. The molecule has 2 aromatic carbocycles. The summed E-state index contributed by atoms with van der Waals surface area (Å²) in [6.07, 6.45) is -0.591. The molecule has 204 valence electrons. The zero-order valence-corrected chi connectivity index (χ0v) is 20.7. The maximum Gasteiger partial charge on any atom is 0.309 e. The Labute approximate surface area is 216 Å². The molecule has 1 atom stereocenters. The molecule has 0 saturated carbocycles. The summed E-state index contributed by atoms with van der Waals surface area (Å²) in [7, 11) is 1.44. The quantitative estimate of drug-likeness (QED) is 0.327. The summed E-state index contributed by atoms with van der Waals surface area (Å²) in [5.74, 6) is -5.48. The van der Waals surface area contributed by atoms with Crippen molar-refractivity contribution in [2.24, 2.45) is 5.41 Å². The first kappa shape index (κ1) is 27.6. The van der Waals surface area contributed by atoms with E-state index in [1.165, 1.54) is 13.2 Å². The second-order valence-electron chi connectivity index (χ2n) is 9.38. The lowest BCUT2D eigenvalue weighted by molar-refractivity contribution is -0.153. The normalized spacial score (nSPS) is 16.4. The number of carboxylic acid groups (broad SMARTS) is 1. The summed E-state index contributed by atoms with van der Waals surface area (Å²) in [6.45, 7) is 0.840. The zero-order valence-electron chi connectivity index (χ0n) is 20.7. The molecule has 0 amide bonds. The van der Waals surface area contributed by atoms with Crippen LogP contribution in [0.1, 0.15) is 37.4 Å². The van der Waals surface area contributed by atoms with Crippen molar-refractivity contribution >= 4 is 16.9 Å². The fourth-order valence-corrected chi connectivity index (χ4v) is 4.88. The number of ether oxygens (including phenoxy) is 2. The van der Waals surface area contributed by atoms with Crippen molar-refractivity contribution in [3.8, 4) is 11.5 Å². The van der Waals surface area contributed by atoms with Crippen molar-refractivity contribution in [1.82, 2.24) is 9.88 Å². The number of methoxy groups -OCH3 is 1. The summed E-state index contributed by atoms with van der Waals surface area (Å²) in [5.41, 5.74) is -0.980. The van der Waals surface area contributed by atoms with Gasteiger partial charge in [0.15, 0.2) is 17.4 Å². The maximum absolute atomic E-state index is 15.4. The summed E-state index contributed by atoms with van der Waals surface area (Å²) >= 11 is 0. The van der Waals surface area contributed by atoms with E-state index in [9.17, 15) is 27.5 Å². The molecule has 1 N–H and O–H groups in total. The summed E-state index contributed by atoms with van der Waals surface area (Å²) in [4.78, 5) is 18.1. The number of aromatic nitrogens is 1. The lowest BCUT2D eigenvalue weighted by atomic mass is 9.74. The van der Waals surface area contributed by atoms with Gasteiger partial charge in [-0.2, -0.15) is 0 Å². The Morgan fingerprint density at radius 1 is 1.11 bits per heavy atom. The van der Waals surface area contributed by atoms with Crippen LogP contribution in [0.3, 0.4) is 0 Å². The molecule has 1 fully saturated rings. The van der Waals surface area contributed by atoms with Gasteiger partial charge in [0.1, 0.15) is 30.2 Å². The van der Waals surface area contributed by atoms with Crippen molar-refractivity contribution in [3.05, 3.63) is 65.4 Å². The van der Waals surface area contributed by atoms with Crippen molar-refractivity contribution < 1.29 is 41.3 Å². The third kappa shape index (κ3) is 5.82. The Morgan fingerprint density at radius 3 is 2.42 bits per heavy atom. The molecule has 4 rings (SSSR count). The second-order valence-corrected chi connectivity index (χ2v) is 9.38. The number of pyridine rings is 1. The molecule has 3 aromatic rings. The topological polar surface area (TPSA) is 71.9 Å². The Bertz CT molecular complexity index is 1290. The molecular formula is C27H27F5N2O4. The molecule has 0 bridgehead atoms. The average Bonchev–Trinajstić information content (AvgIpc) is 2.89. The number of aliphatic carboxylic acids is 1. The van der Waals surface area contributed by atoms with Crippen LogP contribution in [0.4, 0.5) is 22.0 Å². The average molecular weight is 539 g/mol. The van der Waals surface area contributed by atoms with Crippen molar-refractivity contribution in [2.75, 3.05) is 33.4 Å². The predicted molar refractivity (Wildman–Crippen MR) is 129 cm³/mol. The Balaban J connectivity index is 1.37. The van der Waals surface area contributed by atoms with Gasteiger partial charge in [-0.05, 0) is 57.0 Å². The highest BCUT2D eigenvalue weighted by Crippen LogP contribution is 2.41. The SMILES string of the molecule is COc1ccc2ncc(F)c([C@H](F)CCC3(C(=O)O)CCN(CCOc4c(F)cc(F)cc4F)CC3)c2c1. The molecule has 0 spiro atoms. The minimum atomic E-state index is -1.75. The van der Waals surface area contributed by atoms with Crippen LogP contribution in [0, 0.1) is 28.7 Å². The molecule has 2 heterocycles. The number of nitrogens with zero attached hydrogens (tertiary/aromatic N) is 2. The zero-order chi connectivity index (χ0) is 27.4. The van der Waals surface area contributed by atoms with Gasteiger partial charge < -0.3 is 14.6 Å². The van der Waals surface area contributed by atoms with Crippen LogP contribution in [0.15, 0.2) is 36.5 Å². The molecular weight excluding hydrogens is 511 g/mol. The third-order valence-electron chi connectivity index (χ3n) is 7.14. The molecule has 1 saturated heterocycles. The van der Waals surface area contributed by atoms with Crippen molar-refractivity contribution in [3.63, 3.8) is 0 Å². The van der Waals surface area contributed by atoms with Crippen LogP contribution >= 0.6 is 0 Å². The van der Waals surface area contributed by atoms with Crippen LogP contribution < -0.4 is 9.47 Å². The van der Waals surface area contributed by atoms with E-state index in [1.807, 2.05) is 4.90 Å². The number of carbonyl (C=O) groups is 1. The van der Waals surface area contributed by atoms with E-state index in [0.717, 1.165) is 6.20 Å². The van der Waals surface area contributed by atoms with E-state index in [4.69, 9.17) is 9.47 Å². The van der Waals surface area contributed by atoms with E-state index in [1.54, 1.807) is 12.1 Å². The molecule has 0 unspecified atom stereocenters. The summed E-state index contributed by atoms with van der Waals surface area (Å²) in [5, 5.41) is 10.2. The van der Waals surface area contributed by atoms with Gasteiger partial charge >= 0.3 is 5.97 Å². The Kier molecular flexibility index (Phi) is 8.35. The van der Waals surface area contributed by atoms with Gasteiger partial charge in [0, 0.05) is 29.6 Å². The highest BCUT2D eigenvalue weighted by Gasteiger charge is 2.42. The van der Waals surface area contributed by atoms with Crippen LogP contribution in [0.25, 0.3) is 10.9 Å². The van der Waals surface area contributed by atoms with Gasteiger partial charge in [0.05, 0.1) is 24.2 Å². The molecule has 1 aromatic heterocycles. The lowest BCUT2D eigenvalue weighted by Gasteiger charge is -2.39. The van der Waals surface area contributed by atoms with E-state index < -0.39 is 46.6 Å². The minimum Gasteiger partial charge on any atom is -0.497 e. The smallest absolute Gasteiger partial charge is 0.309 e. The molecule has 38 heavy (non-hydrogen) atoms. The standard InChI is InChI=1S/C27H27F5N2O4/c1-37-17-2-3-23-18(14-17)24(22(32)15-33-23)19(29)4-5-27(26(35)36)6-8-34(9-7-27)10-11-38-25-20(30)12-16(28)13-21(25)31/h2-3,12-15,19H,4-11H2,1H3,(H,35,36)/t19-/m1/s1. The highest BCUT2D eigenvalue weighted by molar-refractivity contribution is 5.84. The third-order valence-corrected chi connectivity index (χ3v) is 7.14. The number of piperidine rings is 1. The van der Waals surface area contributed by atoms with Crippen LogP contribution in [0.5, 0.6) is 11.5 Å². The Hall–Kier alpha value is -3.47. The van der Waals surface area contributed by atoms with Crippen molar-refractivity contribution in [1.29, 1.82) is 0 Å². The van der Waals surface area contributed by atoms with Gasteiger partial charge in [0.25, 0.3) is 0 Å². The molecule has 1 aliphatic rings. The minimum absolute atomic E-state index is 0.00688. The number of hydrogen-bond acceptors (Lipinski definition) is 5. The van der Waals surface area contributed by atoms with E-state index in [2.05, 4.69) is 4.98 Å². The van der Waals surface area contributed by atoms with Gasteiger partial charge in [-0.15, -0.1) is 0 Å². The Morgan fingerprint density at radius 2 is 1.79 bits per heavy atom. The number of hydrogen-bond donors (Lipinski definition) is 1. The first-order valence-electron chi connectivity index (χ1n) is 12.1. The fourth-order valence-electron chi connectivity index (χ4n) is 4.88. The lowest BCUT2D eigenvalue weighted by Crippen LogP contribution is -2.45. The highest BCUT2D eigenvalue weighted by atomic mass is 19.2. The van der Waals surface area contributed by atoms with Crippen molar-refractivity contribution in [2.45, 2.75) is 31.9 Å². The molecule has 6 nitrogen and oxygen atoms in total. The number of rotatable bonds is 10. The molecule has 0 aliphatic carbocycles. The molecule has 0 radical (unpaired) electrons. The van der Waals surface area contributed by atoms with Gasteiger partial charge in [0.2, 0.25) is 0 Å². The van der Waals surface area contributed by atoms with Gasteiger partial charge in [-0.25, -0.2) is 22.0 Å². The predicted octanol–water partition coefficient (Wildman–Crippen LogP) is 5.84.